The van der Waals surface area contributed by atoms with E-state index < -0.39 is 11.6 Å². The lowest BCUT2D eigenvalue weighted by Crippen LogP contribution is -2.56. The van der Waals surface area contributed by atoms with Gasteiger partial charge >= 0.3 is 0 Å². The third kappa shape index (κ3) is 5.19. The molecule has 0 spiro atoms. The lowest BCUT2D eigenvalue weighted by atomic mass is 9.81. The van der Waals surface area contributed by atoms with Gasteiger partial charge in [0.2, 0.25) is 5.95 Å². The number of ketones is 1. The molecular weight excluding hydrogens is 564 g/mol. The number of allylic oxidation sites excluding steroid dienone is 2. The highest BCUT2D eigenvalue weighted by molar-refractivity contribution is 6.07. The van der Waals surface area contributed by atoms with E-state index in [9.17, 15) is 9.59 Å². The van der Waals surface area contributed by atoms with Gasteiger partial charge in [0.25, 0.3) is 5.56 Å². The minimum atomic E-state index is -0.802. The maximum Gasteiger partial charge on any atom is 0.260 e. The first-order chi connectivity index (χ1) is 21.7. The molecule has 1 aliphatic carbocycles. The molecule has 3 aliphatic rings. The number of nitrogens with one attached hydrogen (secondary N) is 2. The predicted molar refractivity (Wildman–Crippen MR) is 179 cm³/mol. The molecule has 1 atom stereocenters. The smallest absolute Gasteiger partial charge is 0.260 e. The van der Waals surface area contributed by atoms with Gasteiger partial charge in [0, 0.05) is 41.1 Å². The Bertz CT molecular complexity index is 1870. The number of aromatic nitrogens is 3. The second-order valence-corrected chi connectivity index (χ2v) is 13.0. The van der Waals surface area contributed by atoms with Crippen LogP contribution in [0.1, 0.15) is 74.8 Å². The summed E-state index contributed by atoms with van der Waals surface area (Å²) in [7, 11) is 1.99. The van der Waals surface area contributed by atoms with Crippen LogP contribution in [0, 0.1) is 0 Å². The van der Waals surface area contributed by atoms with Crippen LogP contribution in [0.3, 0.4) is 0 Å². The van der Waals surface area contributed by atoms with E-state index in [0.717, 1.165) is 73.3 Å². The number of fused-ring (bicyclic) bond motifs is 2. The first-order valence-corrected chi connectivity index (χ1v) is 15.9. The van der Waals surface area contributed by atoms with Crippen molar-refractivity contribution in [2.75, 3.05) is 30.4 Å². The minimum absolute atomic E-state index is 0.0937. The van der Waals surface area contributed by atoms with Crippen molar-refractivity contribution >= 4 is 39.7 Å². The van der Waals surface area contributed by atoms with Gasteiger partial charge in [0.15, 0.2) is 5.78 Å². The topological polar surface area (TPSA) is 101 Å². The summed E-state index contributed by atoms with van der Waals surface area (Å²) in [6, 6.07) is 16.5. The SMILES string of the molecule is CC1=C(c2cc3cnc(Nc4ccc(OC5CCNCC5)cc4)nc3n(C3C(=O)c4ccccc4N(C)C3(C)C)c2=O)CCC1. The van der Waals surface area contributed by atoms with Crippen LogP contribution >= 0.6 is 0 Å². The largest absolute Gasteiger partial charge is 0.490 e. The standard InChI is InChI=1S/C36H40N6O3/c1-22-8-7-10-27(22)29-20-23-21-38-35(39-24-12-14-25(15-13-24)45-26-16-18-37-19-17-26)40-33(23)42(34(29)44)32-31(43)28-9-5-6-11-30(28)41(4)36(32,2)3/h5-6,9,11-15,20-21,26,32,37H,7-8,10,16-19H2,1-4H3,(H,38,39,40). The van der Waals surface area contributed by atoms with Gasteiger partial charge in [0.05, 0.1) is 5.54 Å². The molecule has 4 heterocycles. The molecule has 0 amide bonds. The number of hydrogen-bond donors (Lipinski definition) is 2. The van der Waals surface area contributed by atoms with Gasteiger partial charge in [-0.3, -0.25) is 14.2 Å². The lowest BCUT2D eigenvalue weighted by molar-refractivity contribution is 0.0859. The number of rotatable bonds is 6. The summed E-state index contributed by atoms with van der Waals surface area (Å²) >= 11 is 0. The van der Waals surface area contributed by atoms with E-state index in [1.54, 1.807) is 10.8 Å². The Hall–Kier alpha value is -4.50. The van der Waals surface area contributed by atoms with Crippen LogP contribution in [0.5, 0.6) is 5.75 Å². The van der Waals surface area contributed by atoms with Crippen LogP contribution in [-0.2, 0) is 0 Å². The third-order valence-corrected chi connectivity index (χ3v) is 9.86. The van der Waals surface area contributed by atoms with Crippen molar-refractivity contribution in [3.8, 4) is 5.75 Å². The summed E-state index contributed by atoms with van der Waals surface area (Å²) in [5.41, 5.74) is 4.71. The Kier molecular flexibility index (Phi) is 7.44. The van der Waals surface area contributed by atoms with Crippen molar-refractivity contribution in [2.24, 2.45) is 0 Å². The Morgan fingerprint density at radius 1 is 1.00 bits per heavy atom. The zero-order valence-electron chi connectivity index (χ0n) is 26.4. The predicted octanol–water partition coefficient (Wildman–Crippen LogP) is 6.28. The number of carbonyl (C=O) groups excluding carboxylic acids is 1. The molecule has 232 valence electrons. The molecule has 1 saturated heterocycles. The summed E-state index contributed by atoms with van der Waals surface area (Å²) in [6.07, 6.45) is 6.79. The Labute approximate surface area is 263 Å². The van der Waals surface area contributed by atoms with Crippen molar-refractivity contribution in [3.63, 3.8) is 0 Å². The fraction of sp³-hybridized carbons (Fsp3) is 0.389. The fourth-order valence-corrected chi connectivity index (χ4v) is 7.12. The van der Waals surface area contributed by atoms with Crippen LogP contribution in [-0.4, -0.2) is 52.1 Å². The van der Waals surface area contributed by atoms with Crippen molar-refractivity contribution in [1.29, 1.82) is 0 Å². The molecular formula is C36H40N6O3. The fourth-order valence-electron chi connectivity index (χ4n) is 7.12. The van der Waals surface area contributed by atoms with Crippen molar-refractivity contribution < 1.29 is 9.53 Å². The number of nitrogens with zero attached hydrogens (tertiary/aromatic N) is 4. The molecule has 0 radical (unpaired) electrons. The summed E-state index contributed by atoms with van der Waals surface area (Å²) in [6.45, 7) is 8.08. The van der Waals surface area contributed by atoms with E-state index in [-0.39, 0.29) is 17.4 Å². The van der Waals surface area contributed by atoms with E-state index in [1.807, 2.05) is 75.5 Å². The van der Waals surface area contributed by atoms with E-state index >= 15 is 0 Å². The number of hydrogen-bond acceptors (Lipinski definition) is 8. The summed E-state index contributed by atoms with van der Waals surface area (Å²) in [5, 5.41) is 7.38. The van der Waals surface area contributed by atoms with Gasteiger partial charge in [-0.2, -0.15) is 4.98 Å². The van der Waals surface area contributed by atoms with Gasteiger partial charge in [-0.1, -0.05) is 17.7 Å². The van der Waals surface area contributed by atoms with Crippen molar-refractivity contribution in [1.82, 2.24) is 19.9 Å². The van der Waals surface area contributed by atoms with E-state index in [4.69, 9.17) is 9.72 Å². The molecule has 9 nitrogen and oxygen atoms in total. The molecule has 1 unspecified atom stereocenters. The molecule has 0 saturated carbocycles. The molecule has 2 aromatic heterocycles. The first-order valence-electron chi connectivity index (χ1n) is 15.9. The van der Waals surface area contributed by atoms with E-state index in [1.165, 1.54) is 5.57 Å². The normalized spacial score (nSPS) is 20.0. The number of ether oxygens (including phenoxy) is 1. The Morgan fingerprint density at radius 2 is 1.76 bits per heavy atom. The van der Waals surface area contributed by atoms with Crippen molar-refractivity contribution in [3.05, 3.63) is 87.8 Å². The molecule has 0 bridgehead atoms. The average Bonchev–Trinajstić information content (AvgIpc) is 3.48. The van der Waals surface area contributed by atoms with Gasteiger partial charge in [-0.25, -0.2) is 4.98 Å². The lowest BCUT2D eigenvalue weighted by Gasteiger charge is -2.47. The molecule has 2 aromatic carbocycles. The third-order valence-electron chi connectivity index (χ3n) is 9.86. The van der Waals surface area contributed by atoms with Crippen molar-refractivity contribution in [2.45, 2.75) is 70.6 Å². The number of likely N-dealkylation sites (N-methyl/N-ethyl adjacent to an activating group) is 1. The minimum Gasteiger partial charge on any atom is -0.490 e. The second kappa shape index (κ2) is 11.5. The zero-order valence-corrected chi connectivity index (χ0v) is 26.4. The molecule has 4 aromatic rings. The molecule has 45 heavy (non-hydrogen) atoms. The highest BCUT2D eigenvalue weighted by atomic mass is 16.5. The van der Waals surface area contributed by atoms with Crippen LogP contribution < -0.4 is 25.8 Å². The van der Waals surface area contributed by atoms with Crippen LogP contribution in [0.2, 0.25) is 0 Å². The monoisotopic (exact) mass is 604 g/mol. The number of Topliss-reactive ketones (excluding diaryl/α,β-unsaturated/α-hetero) is 1. The van der Waals surface area contributed by atoms with Gasteiger partial charge in [-0.05, 0) is 114 Å². The van der Waals surface area contributed by atoms with Crippen LogP contribution in [0.25, 0.3) is 16.6 Å². The highest BCUT2D eigenvalue weighted by Gasteiger charge is 2.47. The number of benzene rings is 2. The maximum atomic E-state index is 14.6. The van der Waals surface area contributed by atoms with Gasteiger partial charge in [-0.15, -0.1) is 0 Å². The molecule has 9 heteroatoms. The number of pyridine rings is 1. The van der Waals surface area contributed by atoms with Gasteiger partial charge in [0.1, 0.15) is 23.5 Å². The number of para-hydroxylation sites is 1. The Morgan fingerprint density at radius 3 is 2.49 bits per heavy atom. The molecule has 1 fully saturated rings. The number of piperidine rings is 1. The molecule has 7 rings (SSSR count). The summed E-state index contributed by atoms with van der Waals surface area (Å²) in [5.74, 6) is 1.08. The molecule has 2 aliphatic heterocycles. The first kappa shape index (κ1) is 29.2. The highest BCUT2D eigenvalue weighted by Crippen LogP contribution is 2.43. The van der Waals surface area contributed by atoms with E-state index in [2.05, 4.69) is 27.4 Å². The number of anilines is 3. The van der Waals surface area contributed by atoms with Crippen LogP contribution in [0.15, 0.2) is 71.2 Å². The summed E-state index contributed by atoms with van der Waals surface area (Å²) < 4.78 is 7.80. The second-order valence-electron chi connectivity index (χ2n) is 13.0. The quantitative estimate of drug-likeness (QED) is 0.265. The zero-order chi connectivity index (χ0) is 31.3. The van der Waals surface area contributed by atoms with E-state index in [0.29, 0.717) is 22.7 Å². The van der Waals surface area contributed by atoms with Crippen LogP contribution in [0.4, 0.5) is 17.3 Å². The summed E-state index contributed by atoms with van der Waals surface area (Å²) in [4.78, 5) is 40.6. The number of carbonyl (C=O) groups is 1. The van der Waals surface area contributed by atoms with Gasteiger partial charge < -0.3 is 20.3 Å². The Balaban J connectivity index is 1.32. The average molecular weight is 605 g/mol. The molecule has 2 N–H and O–H groups in total. The maximum absolute atomic E-state index is 14.6.